The largest absolute Gasteiger partial charge is 0.469 e. The predicted octanol–water partition coefficient (Wildman–Crippen LogP) is 3.44. The Hall–Kier alpha value is -2.03. The molecule has 3 heteroatoms. The lowest BCUT2D eigenvalue weighted by atomic mass is 10.2. The van der Waals surface area contributed by atoms with Crippen LogP contribution in [-0.2, 0) is 0 Å². The standard InChI is InChI=1S/C13H12N2O/c1-8-4-3-5-11-12(8)15-13(14-11)10-6-9(2)16-7-10/h3-7H,1-2H3,(H,14,15). The third-order valence-corrected chi connectivity index (χ3v) is 2.72. The van der Waals surface area contributed by atoms with E-state index >= 15 is 0 Å². The van der Waals surface area contributed by atoms with Crippen molar-refractivity contribution in [3.05, 3.63) is 41.9 Å². The van der Waals surface area contributed by atoms with Gasteiger partial charge in [-0.3, -0.25) is 0 Å². The Balaban J connectivity index is 2.22. The van der Waals surface area contributed by atoms with Crippen LogP contribution >= 0.6 is 0 Å². The molecular weight excluding hydrogens is 200 g/mol. The molecule has 1 aromatic carbocycles. The van der Waals surface area contributed by atoms with Gasteiger partial charge < -0.3 is 9.40 Å². The zero-order valence-corrected chi connectivity index (χ0v) is 9.24. The molecule has 0 radical (unpaired) electrons. The van der Waals surface area contributed by atoms with E-state index in [-0.39, 0.29) is 0 Å². The molecule has 0 aliphatic heterocycles. The van der Waals surface area contributed by atoms with Gasteiger partial charge in [-0.05, 0) is 31.5 Å². The van der Waals surface area contributed by atoms with Gasteiger partial charge in [0.1, 0.15) is 17.8 Å². The lowest BCUT2D eigenvalue weighted by Gasteiger charge is -1.90. The Labute approximate surface area is 93.1 Å². The minimum atomic E-state index is 0.862. The number of para-hydroxylation sites is 1. The summed E-state index contributed by atoms with van der Waals surface area (Å²) < 4.78 is 5.29. The molecule has 2 aromatic heterocycles. The van der Waals surface area contributed by atoms with Gasteiger partial charge in [0, 0.05) is 0 Å². The van der Waals surface area contributed by atoms with Gasteiger partial charge in [0.05, 0.1) is 16.6 Å². The van der Waals surface area contributed by atoms with Gasteiger partial charge in [-0.1, -0.05) is 12.1 Å². The maximum absolute atomic E-state index is 5.29. The fourth-order valence-electron chi connectivity index (χ4n) is 1.88. The highest BCUT2D eigenvalue weighted by Gasteiger charge is 2.08. The van der Waals surface area contributed by atoms with Crippen molar-refractivity contribution in [3.63, 3.8) is 0 Å². The van der Waals surface area contributed by atoms with Crippen LogP contribution in [0.25, 0.3) is 22.4 Å². The fourth-order valence-corrected chi connectivity index (χ4v) is 1.88. The fraction of sp³-hybridized carbons (Fsp3) is 0.154. The van der Waals surface area contributed by atoms with Crippen molar-refractivity contribution in [2.45, 2.75) is 13.8 Å². The van der Waals surface area contributed by atoms with Gasteiger partial charge in [0.25, 0.3) is 0 Å². The number of aromatic amines is 1. The van der Waals surface area contributed by atoms with Crippen molar-refractivity contribution in [1.82, 2.24) is 9.97 Å². The van der Waals surface area contributed by atoms with E-state index in [4.69, 9.17) is 4.42 Å². The number of benzene rings is 1. The Morgan fingerprint density at radius 3 is 2.81 bits per heavy atom. The average Bonchev–Trinajstić information content (AvgIpc) is 2.84. The molecule has 0 saturated heterocycles. The third kappa shape index (κ3) is 1.33. The van der Waals surface area contributed by atoms with Crippen LogP contribution in [-0.4, -0.2) is 9.97 Å². The van der Waals surface area contributed by atoms with Gasteiger partial charge >= 0.3 is 0 Å². The SMILES string of the molecule is Cc1cc(-c2nc3c(C)cccc3[nH]2)co1. The van der Waals surface area contributed by atoms with E-state index in [0.717, 1.165) is 28.2 Å². The zero-order valence-electron chi connectivity index (χ0n) is 9.24. The molecule has 2 heterocycles. The molecule has 0 aliphatic rings. The first-order valence-corrected chi connectivity index (χ1v) is 5.25. The predicted molar refractivity (Wildman–Crippen MR) is 63.3 cm³/mol. The van der Waals surface area contributed by atoms with Crippen LogP contribution in [0.3, 0.4) is 0 Å². The van der Waals surface area contributed by atoms with Crippen LogP contribution in [0.1, 0.15) is 11.3 Å². The zero-order chi connectivity index (χ0) is 11.1. The number of H-pyrrole nitrogens is 1. The molecule has 16 heavy (non-hydrogen) atoms. The minimum Gasteiger partial charge on any atom is -0.469 e. The van der Waals surface area contributed by atoms with Crippen LogP contribution in [0.5, 0.6) is 0 Å². The van der Waals surface area contributed by atoms with Gasteiger partial charge in [-0.25, -0.2) is 4.98 Å². The number of hydrogen-bond acceptors (Lipinski definition) is 2. The van der Waals surface area contributed by atoms with Gasteiger partial charge in [-0.15, -0.1) is 0 Å². The van der Waals surface area contributed by atoms with E-state index in [2.05, 4.69) is 23.0 Å². The first kappa shape index (κ1) is 9.21. The van der Waals surface area contributed by atoms with Crippen molar-refractivity contribution in [3.8, 4) is 11.4 Å². The first-order valence-electron chi connectivity index (χ1n) is 5.25. The number of fused-ring (bicyclic) bond motifs is 1. The van der Waals surface area contributed by atoms with Crippen molar-refractivity contribution in [2.75, 3.05) is 0 Å². The topological polar surface area (TPSA) is 41.8 Å². The van der Waals surface area contributed by atoms with Crippen LogP contribution < -0.4 is 0 Å². The third-order valence-electron chi connectivity index (χ3n) is 2.72. The molecular formula is C13H12N2O. The smallest absolute Gasteiger partial charge is 0.141 e. The molecule has 0 amide bonds. The molecule has 3 rings (SSSR count). The van der Waals surface area contributed by atoms with Crippen LogP contribution in [0.15, 0.2) is 34.9 Å². The van der Waals surface area contributed by atoms with Crippen LogP contribution in [0, 0.1) is 13.8 Å². The van der Waals surface area contributed by atoms with E-state index in [1.807, 2.05) is 25.1 Å². The highest BCUT2D eigenvalue weighted by molar-refractivity contribution is 5.82. The summed E-state index contributed by atoms with van der Waals surface area (Å²) in [5.41, 5.74) is 4.26. The van der Waals surface area contributed by atoms with Gasteiger partial charge in [0.2, 0.25) is 0 Å². The average molecular weight is 212 g/mol. The Morgan fingerprint density at radius 2 is 2.12 bits per heavy atom. The molecule has 0 spiro atoms. The summed E-state index contributed by atoms with van der Waals surface area (Å²) >= 11 is 0. The number of nitrogens with one attached hydrogen (secondary N) is 1. The molecule has 0 atom stereocenters. The van der Waals surface area contributed by atoms with Crippen molar-refractivity contribution in [1.29, 1.82) is 0 Å². The van der Waals surface area contributed by atoms with Crippen molar-refractivity contribution in [2.24, 2.45) is 0 Å². The number of rotatable bonds is 1. The number of aryl methyl sites for hydroxylation is 2. The second-order valence-electron chi connectivity index (χ2n) is 4.00. The molecule has 0 aliphatic carbocycles. The summed E-state index contributed by atoms with van der Waals surface area (Å²) in [7, 11) is 0. The summed E-state index contributed by atoms with van der Waals surface area (Å²) in [6, 6.07) is 8.10. The van der Waals surface area contributed by atoms with E-state index in [1.165, 1.54) is 5.56 Å². The Morgan fingerprint density at radius 1 is 1.25 bits per heavy atom. The quantitative estimate of drug-likeness (QED) is 0.671. The highest BCUT2D eigenvalue weighted by atomic mass is 16.3. The molecule has 0 bridgehead atoms. The van der Waals surface area contributed by atoms with E-state index in [9.17, 15) is 0 Å². The Bertz CT molecular complexity index is 649. The van der Waals surface area contributed by atoms with Gasteiger partial charge in [-0.2, -0.15) is 0 Å². The molecule has 0 saturated carbocycles. The second-order valence-corrected chi connectivity index (χ2v) is 4.00. The molecule has 3 aromatic rings. The summed E-state index contributed by atoms with van der Waals surface area (Å²) in [4.78, 5) is 7.88. The lowest BCUT2D eigenvalue weighted by molar-refractivity contribution is 0.534. The summed E-state index contributed by atoms with van der Waals surface area (Å²) in [6.45, 7) is 3.99. The minimum absolute atomic E-state index is 0.862. The summed E-state index contributed by atoms with van der Waals surface area (Å²) in [5, 5.41) is 0. The molecule has 3 nitrogen and oxygen atoms in total. The first-order chi connectivity index (χ1) is 7.74. The highest BCUT2D eigenvalue weighted by Crippen LogP contribution is 2.23. The number of imidazole rings is 1. The van der Waals surface area contributed by atoms with E-state index < -0.39 is 0 Å². The molecule has 80 valence electrons. The molecule has 0 fully saturated rings. The van der Waals surface area contributed by atoms with Crippen molar-refractivity contribution >= 4 is 11.0 Å². The Kier molecular flexibility index (Phi) is 1.86. The number of aromatic nitrogens is 2. The van der Waals surface area contributed by atoms with Crippen LogP contribution in [0.4, 0.5) is 0 Å². The van der Waals surface area contributed by atoms with E-state index in [0.29, 0.717) is 0 Å². The number of nitrogens with zero attached hydrogens (tertiary/aromatic N) is 1. The second kappa shape index (κ2) is 3.23. The summed E-state index contributed by atoms with van der Waals surface area (Å²) in [6.07, 6.45) is 1.72. The number of hydrogen-bond donors (Lipinski definition) is 1. The monoisotopic (exact) mass is 212 g/mol. The normalized spacial score (nSPS) is 11.1. The maximum atomic E-state index is 5.29. The lowest BCUT2D eigenvalue weighted by Crippen LogP contribution is -1.75. The molecule has 0 unspecified atom stereocenters. The maximum Gasteiger partial charge on any atom is 0.141 e. The van der Waals surface area contributed by atoms with Crippen LogP contribution in [0.2, 0.25) is 0 Å². The van der Waals surface area contributed by atoms with Crippen molar-refractivity contribution < 1.29 is 4.42 Å². The summed E-state index contributed by atoms with van der Waals surface area (Å²) in [5.74, 6) is 1.76. The van der Waals surface area contributed by atoms with E-state index in [1.54, 1.807) is 6.26 Å². The molecule has 1 N–H and O–H groups in total. The van der Waals surface area contributed by atoms with Gasteiger partial charge in [0.15, 0.2) is 0 Å². The number of furan rings is 1.